The minimum absolute atomic E-state index is 4.21. The average molecular weight is 500 g/mol. The van der Waals surface area contributed by atoms with Gasteiger partial charge in [-0.15, -0.1) is 0 Å². The van der Waals surface area contributed by atoms with Crippen molar-refractivity contribution in [1.82, 2.24) is 0 Å². The maximum absolute atomic E-state index is 13.1. The quantitative estimate of drug-likeness (QED) is 0.408. The molecule has 0 aliphatic heterocycles. The third-order valence-corrected chi connectivity index (χ3v) is 3.22. The van der Waals surface area contributed by atoms with Crippen LogP contribution in [-0.4, -0.2) is 58.8 Å². The first-order chi connectivity index (χ1) is 12.5. The first-order valence-electron chi connectivity index (χ1n) is 6.27. The largest absolute Gasteiger partial charge is 0.460 e. The highest BCUT2D eigenvalue weighted by Crippen LogP contribution is 2.64. The molecule has 182 valence electrons. The summed E-state index contributed by atoms with van der Waals surface area (Å²) in [5, 5.41) is 7.60. The summed E-state index contributed by atoms with van der Waals surface area (Å²) >= 11 is 0. The van der Waals surface area contributed by atoms with Crippen molar-refractivity contribution in [2.75, 3.05) is 0 Å². The van der Waals surface area contributed by atoms with Crippen molar-refractivity contribution in [3.8, 4) is 0 Å². The summed E-state index contributed by atoms with van der Waals surface area (Å²) < 4.78 is 240. The highest BCUT2D eigenvalue weighted by Gasteiger charge is 2.95. The number of halogens is 19. The molecule has 0 heterocycles. The van der Waals surface area contributed by atoms with E-state index in [1.54, 1.807) is 0 Å². The minimum atomic E-state index is -8.84. The second-order valence-corrected chi connectivity index (χ2v) is 5.49. The van der Waals surface area contributed by atoms with Crippen LogP contribution in [0.15, 0.2) is 0 Å². The van der Waals surface area contributed by atoms with Crippen LogP contribution in [0, 0.1) is 0 Å². The molecule has 30 heavy (non-hydrogen) atoms. The third-order valence-electron chi connectivity index (χ3n) is 3.22. The van der Waals surface area contributed by atoms with Gasteiger partial charge in [0.05, 0.1) is 0 Å². The lowest BCUT2D eigenvalue weighted by Crippen LogP contribution is -2.74. The van der Waals surface area contributed by atoms with Crippen LogP contribution in [0.2, 0.25) is 0 Å². The van der Waals surface area contributed by atoms with Gasteiger partial charge in [-0.2, -0.15) is 83.4 Å². The van der Waals surface area contributed by atoms with Crippen molar-refractivity contribution < 1.29 is 88.5 Å². The zero-order valence-corrected chi connectivity index (χ0v) is 12.8. The fraction of sp³-hybridized carbons (Fsp3) is 1.00. The highest BCUT2D eigenvalue weighted by molar-refractivity contribution is 5.15. The molecular formula is C10H3F19O. The molecule has 0 aromatic heterocycles. The Morgan fingerprint density at radius 3 is 0.833 bits per heavy atom. The van der Waals surface area contributed by atoms with E-state index in [1.807, 2.05) is 0 Å². The molecule has 1 nitrogen and oxygen atoms in total. The standard InChI is InChI=1S/C10H3F19O/c11-2(12,1-3(13,14)30)4(15,16)5(17,18)6(19,20)7(21,22)8(23,24)9(25,26)10(27,28)29/h30H,1H2. The lowest BCUT2D eigenvalue weighted by Gasteiger charge is -2.42. The van der Waals surface area contributed by atoms with Crippen LogP contribution in [0.5, 0.6) is 0 Å². The molecule has 0 aliphatic carbocycles. The lowest BCUT2D eigenvalue weighted by atomic mass is 9.88. The molecule has 0 aromatic rings. The second kappa shape index (κ2) is 6.81. The maximum atomic E-state index is 13.1. The Hall–Kier alpha value is -1.37. The van der Waals surface area contributed by atoms with Crippen molar-refractivity contribution in [3.63, 3.8) is 0 Å². The van der Waals surface area contributed by atoms with Gasteiger partial charge in [-0.1, -0.05) is 0 Å². The molecule has 0 radical (unpaired) electrons. The molecule has 0 atom stereocenters. The van der Waals surface area contributed by atoms with E-state index in [9.17, 15) is 83.4 Å². The Morgan fingerprint density at radius 1 is 0.367 bits per heavy atom. The van der Waals surface area contributed by atoms with E-state index in [0.717, 1.165) is 0 Å². The van der Waals surface area contributed by atoms with Gasteiger partial charge in [0.1, 0.15) is 6.42 Å². The van der Waals surface area contributed by atoms with Crippen molar-refractivity contribution in [2.24, 2.45) is 0 Å². The predicted molar refractivity (Wildman–Crippen MR) is 52.5 cm³/mol. The number of alkyl halides is 19. The molecule has 0 bridgehead atoms. The molecule has 0 fully saturated rings. The Bertz CT molecular complexity index is 622. The van der Waals surface area contributed by atoms with Gasteiger partial charge in [-0.25, -0.2) is 0 Å². The van der Waals surface area contributed by atoms with E-state index in [-0.39, 0.29) is 0 Å². The molecule has 0 rings (SSSR count). The van der Waals surface area contributed by atoms with Gasteiger partial charge in [-0.05, 0) is 0 Å². The van der Waals surface area contributed by atoms with Crippen LogP contribution in [0.1, 0.15) is 6.42 Å². The molecule has 0 aliphatic rings. The van der Waals surface area contributed by atoms with Gasteiger partial charge in [0, 0.05) is 0 Å². The van der Waals surface area contributed by atoms with Gasteiger partial charge in [-0.3, -0.25) is 0 Å². The number of aliphatic hydroxyl groups is 1. The predicted octanol–water partition coefficient (Wildman–Crippen LogP) is 5.97. The van der Waals surface area contributed by atoms with Crippen molar-refractivity contribution >= 4 is 0 Å². The van der Waals surface area contributed by atoms with Gasteiger partial charge in [0.2, 0.25) is 0 Å². The molecule has 0 aromatic carbocycles. The van der Waals surface area contributed by atoms with Crippen LogP contribution in [-0.2, 0) is 0 Å². The van der Waals surface area contributed by atoms with Crippen LogP contribution in [0.25, 0.3) is 0 Å². The van der Waals surface area contributed by atoms with Gasteiger partial charge >= 0.3 is 53.7 Å². The fourth-order valence-corrected chi connectivity index (χ4v) is 1.57. The Kier molecular flexibility index (Phi) is 6.50. The maximum Gasteiger partial charge on any atom is 0.460 e. The Labute approximate surface area is 150 Å². The molecular weight excluding hydrogens is 497 g/mol. The Morgan fingerprint density at radius 2 is 0.600 bits per heavy atom. The summed E-state index contributed by atoms with van der Waals surface area (Å²) in [6.07, 6.45) is -18.2. The summed E-state index contributed by atoms with van der Waals surface area (Å²) in [6, 6.07) is 0. The first kappa shape index (κ1) is 28.6. The van der Waals surface area contributed by atoms with Crippen molar-refractivity contribution in [3.05, 3.63) is 0 Å². The van der Waals surface area contributed by atoms with E-state index >= 15 is 0 Å². The number of hydrogen-bond acceptors (Lipinski definition) is 1. The third kappa shape index (κ3) is 3.82. The van der Waals surface area contributed by atoms with E-state index in [1.165, 1.54) is 0 Å². The number of rotatable bonds is 8. The zero-order valence-electron chi connectivity index (χ0n) is 12.8. The summed E-state index contributed by atoms with van der Waals surface area (Å²) in [5.74, 6) is -58.8. The normalized spacial score (nSPS) is 16.8. The van der Waals surface area contributed by atoms with E-state index in [0.29, 0.717) is 0 Å². The monoisotopic (exact) mass is 500 g/mol. The summed E-state index contributed by atoms with van der Waals surface area (Å²) in [7, 11) is 0. The zero-order chi connectivity index (χ0) is 25.2. The van der Waals surface area contributed by atoms with Gasteiger partial charge in [0.25, 0.3) is 0 Å². The van der Waals surface area contributed by atoms with Crippen molar-refractivity contribution in [1.29, 1.82) is 0 Å². The second-order valence-electron chi connectivity index (χ2n) is 5.49. The van der Waals surface area contributed by atoms with E-state index in [2.05, 4.69) is 0 Å². The van der Waals surface area contributed by atoms with E-state index < -0.39 is 60.2 Å². The number of hydrogen-bond donors (Lipinski definition) is 1. The molecule has 20 heteroatoms. The molecule has 0 spiro atoms. The topological polar surface area (TPSA) is 20.2 Å². The average Bonchev–Trinajstić information content (AvgIpc) is 2.41. The van der Waals surface area contributed by atoms with Gasteiger partial charge in [0.15, 0.2) is 0 Å². The fourth-order valence-electron chi connectivity index (χ4n) is 1.57. The van der Waals surface area contributed by atoms with Crippen LogP contribution >= 0.6 is 0 Å². The molecule has 0 unspecified atom stereocenters. The molecule has 0 saturated heterocycles. The van der Waals surface area contributed by atoms with Crippen LogP contribution in [0.3, 0.4) is 0 Å². The first-order valence-corrected chi connectivity index (χ1v) is 6.27. The molecule has 1 N–H and O–H groups in total. The molecule has 0 saturated carbocycles. The lowest BCUT2D eigenvalue weighted by molar-refractivity contribution is -0.463. The summed E-state index contributed by atoms with van der Waals surface area (Å²) in [5.41, 5.74) is 0. The van der Waals surface area contributed by atoms with E-state index in [4.69, 9.17) is 5.11 Å². The minimum Gasteiger partial charge on any atom is -0.336 e. The molecule has 0 amide bonds. The van der Waals surface area contributed by atoms with Crippen molar-refractivity contribution in [2.45, 2.75) is 60.2 Å². The van der Waals surface area contributed by atoms with Crippen LogP contribution in [0.4, 0.5) is 83.4 Å². The summed E-state index contributed by atoms with van der Waals surface area (Å²) in [4.78, 5) is 0. The smallest absolute Gasteiger partial charge is 0.336 e. The van der Waals surface area contributed by atoms with Gasteiger partial charge < -0.3 is 5.11 Å². The summed E-state index contributed by atoms with van der Waals surface area (Å²) in [6.45, 7) is 0. The Balaban J connectivity index is 6.70. The highest BCUT2D eigenvalue weighted by atomic mass is 19.4. The SMILES string of the molecule is OC(F)(F)CC(F)(F)C(F)(F)C(F)(F)C(F)(F)C(F)(F)C(F)(F)C(F)(F)C(F)(F)F. The van der Waals surface area contributed by atoms with Crippen LogP contribution < -0.4 is 0 Å².